The van der Waals surface area contributed by atoms with Crippen LogP contribution in [0.15, 0.2) is 41.8 Å². The molecule has 0 amide bonds. The van der Waals surface area contributed by atoms with Crippen LogP contribution in [0.2, 0.25) is 0 Å². The van der Waals surface area contributed by atoms with Crippen molar-refractivity contribution in [1.82, 2.24) is 0 Å². The number of hydrogen-bond acceptors (Lipinski definition) is 3. The number of aromatic hydroxyl groups is 1. The lowest BCUT2D eigenvalue weighted by Crippen LogP contribution is -2.13. The van der Waals surface area contributed by atoms with E-state index in [4.69, 9.17) is 5.11 Å². The van der Waals surface area contributed by atoms with Gasteiger partial charge in [-0.1, -0.05) is 18.2 Å². The number of thiophene rings is 1. The van der Waals surface area contributed by atoms with Gasteiger partial charge < -0.3 is 10.2 Å². The van der Waals surface area contributed by atoms with Gasteiger partial charge in [0.2, 0.25) is 0 Å². The maximum atomic E-state index is 11.2. The predicted octanol–water partition coefficient (Wildman–Crippen LogP) is 2.86. The van der Waals surface area contributed by atoms with Crippen molar-refractivity contribution in [2.75, 3.05) is 0 Å². The molecular weight excluding hydrogens is 236 g/mol. The van der Waals surface area contributed by atoms with Crippen LogP contribution in [-0.2, 0) is 11.2 Å². The first-order chi connectivity index (χ1) is 8.16. The number of rotatable bonds is 4. The van der Waals surface area contributed by atoms with Crippen molar-refractivity contribution in [1.29, 1.82) is 0 Å². The highest BCUT2D eigenvalue weighted by Crippen LogP contribution is 2.26. The highest BCUT2D eigenvalue weighted by atomic mass is 32.1. The van der Waals surface area contributed by atoms with Gasteiger partial charge >= 0.3 is 5.97 Å². The summed E-state index contributed by atoms with van der Waals surface area (Å²) < 4.78 is 0. The molecular formula is C13H12O3S. The van der Waals surface area contributed by atoms with Crippen LogP contribution in [0.4, 0.5) is 0 Å². The number of aliphatic carboxylic acids is 1. The summed E-state index contributed by atoms with van der Waals surface area (Å²) in [6.07, 6.45) is 0.441. The standard InChI is InChI=1S/C13H12O3S/c14-10-5-3-9(4-6-10)8-11(13(15)16)12-2-1-7-17-12/h1-7,11,14H,8H2,(H,15,16). The molecule has 0 aliphatic carbocycles. The highest BCUT2D eigenvalue weighted by molar-refractivity contribution is 7.10. The summed E-state index contributed by atoms with van der Waals surface area (Å²) in [5, 5.41) is 20.3. The Bertz CT molecular complexity index is 488. The molecule has 0 fully saturated rings. The molecule has 0 spiro atoms. The van der Waals surface area contributed by atoms with E-state index in [2.05, 4.69) is 0 Å². The zero-order valence-electron chi connectivity index (χ0n) is 9.04. The van der Waals surface area contributed by atoms with Gasteiger partial charge in [-0.2, -0.15) is 0 Å². The zero-order valence-corrected chi connectivity index (χ0v) is 9.85. The first-order valence-corrected chi connectivity index (χ1v) is 6.09. The summed E-state index contributed by atoms with van der Waals surface area (Å²) in [5.41, 5.74) is 0.906. The van der Waals surface area contributed by atoms with Gasteiger partial charge in [0, 0.05) is 4.88 Å². The van der Waals surface area contributed by atoms with E-state index in [1.807, 2.05) is 17.5 Å². The number of carboxylic acids is 1. The fraction of sp³-hybridized carbons (Fsp3) is 0.154. The molecule has 0 radical (unpaired) electrons. The summed E-state index contributed by atoms with van der Waals surface area (Å²) in [5.74, 6) is -1.14. The number of phenols is 1. The molecule has 17 heavy (non-hydrogen) atoms. The lowest BCUT2D eigenvalue weighted by molar-refractivity contribution is -0.138. The quantitative estimate of drug-likeness (QED) is 0.874. The number of hydrogen-bond donors (Lipinski definition) is 2. The Morgan fingerprint density at radius 3 is 2.47 bits per heavy atom. The van der Waals surface area contributed by atoms with Crippen molar-refractivity contribution in [3.05, 3.63) is 52.2 Å². The van der Waals surface area contributed by atoms with Crippen molar-refractivity contribution in [2.24, 2.45) is 0 Å². The first kappa shape index (κ1) is 11.7. The van der Waals surface area contributed by atoms with Crippen LogP contribution >= 0.6 is 11.3 Å². The molecule has 0 aliphatic rings. The summed E-state index contributed by atoms with van der Waals surface area (Å²) in [4.78, 5) is 12.1. The van der Waals surface area contributed by atoms with Crippen LogP contribution in [0.3, 0.4) is 0 Å². The third kappa shape index (κ3) is 2.85. The van der Waals surface area contributed by atoms with Gasteiger partial charge in [-0.15, -0.1) is 11.3 Å². The molecule has 1 unspecified atom stereocenters. The molecule has 88 valence electrons. The van der Waals surface area contributed by atoms with Crippen LogP contribution in [0, 0.1) is 0 Å². The van der Waals surface area contributed by atoms with E-state index in [1.165, 1.54) is 11.3 Å². The van der Waals surface area contributed by atoms with E-state index >= 15 is 0 Å². The van der Waals surface area contributed by atoms with Gasteiger partial charge in [-0.3, -0.25) is 4.79 Å². The smallest absolute Gasteiger partial charge is 0.312 e. The molecule has 2 rings (SSSR count). The summed E-state index contributed by atoms with van der Waals surface area (Å²) in [6, 6.07) is 10.3. The van der Waals surface area contributed by atoms with E-state index in [1.54, 1.807) is 24.3 Å². The Balaban J connectivity index is 2.19. The Hall–Kier alpha value is -1.81. The maximum Gasteiger partial charge on any atom is 0.312 e. The second-order valence-corrected chi connectivity index (χ2v) is 4.76. The number of carboxylic acid groups (broad SMARTS) is 1. The minimum Gasteiger partial charge on any atom is -0.508 e. The van der Waals surface area contributed by atoms with Crippen molar-refractivity contribution >= 4 is 17.3 Å². The Morgan fingerprint density at radius 1 is 1.24 bits per heavy atom. The number of phenolic OH excluding ortho intramolecular Hbond substituents is 1. The Kier molecular flexibility index (Phi) is 3.44. The number of benzene rings is 1. The summed E-state index contributed by atoms with van der Waals surface area (Å²) in [7, 11) is 0. The van der Waals surface area contributed by atoms with Gasteiger partial charge in [-0.25, -0.2) is 0 Å². The largest absolute Gasteiger partial charge is 0.508 e. The first-order valence-electron chi connectivity index (χ1n) is 5.21. The van der Waals surface area contributed by atoms with E-state index in [-0.39, 0.29) is 5.75 Å². The lowest BCUT2D eigenvalue weighted by atomic mass is 9.98. The minimum absolute atomic E-state index is 0.191. The fourth-order valence-corrected chi connectivity index (χ4v) is 2.49. The van der Waals surface area contributed by atoms with Crippen LogP contribution < -0.4 is 0 Å². The molecule has 1 heterocycles. The zero-order chi connectivity index (χ0) is 12.3. The topological polar surface area (TPSA) is 57.5 Å². The average molecular weight is 248 g/mol. The molecule has 0 aliphatic heterocycles. The number of carbonyl (C=O) groups is 1. The van der Waals surface area contributed by atoms with E-state index in [9.17, 15) is 9.90 Å². The second kappa shape index (κ2) is 5.01. The van der Waals surface area contributed by atoms with Gasteiger partial charge in [0.05, 0.1) is 5.92 Å². The molecule has 1 aromatic heterocycles. The van der Waals surface area contributed by atoms with Crippen LogP contribution in [0.25, 0.3) is 0 Å². The maximum absolute atomic E-state index is 11.2. The van der Waals surface area contributed by atoms with Gasteiger partial charge in [-0.05, 0) is 35.6 Å². The van der Waals surface area contributed by atoms with Gasteiger partial charge in [0.15, 0.2) is 0 Å². The molecule has 0 saturated carbocycles. The molecule has 0 saturated heterocycles. The third-order valence-corrected chi connectivity index (χ3v) is 3.55. The fourth-order valence-electron chi connectivity index (χ4n) is 1.67. The summed E-state index contributed by atoms with van der Waals surface area (Å²) in [6.45, 7) is 0. The Morgan fingerprint density at radius 2 is 1.94 bits per heavy atom. The van der Waals surface area contributed by atoms with Crippen LogP contribution in [0.1, 0.15) is 16.4 Å². The van der Waals surface area contributed by atoms with E-state index in [0.29, 0.717) is 6.42 Å². The van der Waals surface area contributed by atoms with Crippen molar-refractivity contribution in [2.45, 2.75) is 12.3 Å². The monoisotopic (exact) mass is 248 g/mol. The van der Waals surface area contributed by atoms with Crippen molar-refractivity contribution in [3.63, 3.8) is 0 Å². The normalized spacial score (nSPS) is 12.2. The van der Waals surface area contributed by atoms with Gasteiger partial charge in [0.1, 0.15) is 5.75 Å². The van der Waals surface area contributed by atoms with E-state index in [0.717, 1.165) is 10.4 Å². The minimum atomic E-state index is -0.819. The molecule has 1 aromatic carbocycles. The molecule has 2 aromatic rings. The van der Waals surface area contributed by atoms with E-state index < -0.39 is 11.9 Å². The van der Waals surface area contributed by atoms with Gasteiger partial charge in [0.25, 0.3) is 0 Å². The molecule has 2 N–H and O–H groups in total. The highest BCUT2D eigenvalue weighted by Gasteiger charge is 2.21. The lowest BCUT2D eigenvalue weighted by Gasteiger charge is -2.10. The van der Waals surface area contributed by atoms with Crippen molar-refractivity contribution in [3.8, 4) is 5.75 Å². The molecule has 1 atom stereocenters. The molecule has 4 heteroatoms. The average Bonchev–Trinajstić information content (AvgIpc) is 2.81. The molecule has 0 bridgehead atoms. The van der Waals surface area contributed by atoms with Crippen molar-refractivity contribution < 1.29 is 15.0 Å². The van der Waals surface area contributed by atoms with Crippen LogP contribution in [0.5, 0.6) is 5.75 Å². The Labute approximate surface area is 103 Å². The van der Waals surface area contributed by atoms with Crippen LogP contribution in [-0.4, -0.2) is 16.2 Å². The third-order valence-electron chi connectivity index (χ3n) is 2.56. The second-order valence-electron chi connectivity index (χ2n) is 3.78. The SMILES string of the molecule is O=C(O)C(Cc1ccc(O)cc1)c1cccs1. The molecule has 3 nitrogen and oxygen atoms in total. The summed E-state index contributed by atoms with van der Waals surface area (Å²) >= 11 is 1.45. The predicted molar refractivity (Wildman–Crippen MR) is 66.5 cm³/mol.